The Labute approximate surface area is 124 Å². The van der Waals surface area contributed by atoms with E-state index in [4.69, 9.17) is 0 Å². The molecule has 0 aliphatic heterocycles. The van der Waals surface area contributed by atoms with Gasteiger partial charge in [0.15, 0.2) is 0 Å². The van der Waals surface area contributed by atoms with Crippen LogP contribution >= 0.6 is 34.4 Å². The first-order chi connectivity index (χ1) is 8.49. The third-order valence-electron chi connectivity index (χ3n) is 2.58. The van der Waals surface area contributed by atoms with Crippen molar-refractivity contribution in [2.45, 2.75) is 18.2 Å². The number of aliphatic hydroxyl groups is 1. The maximum absolute atomic E-state index is 11.0. The number of nitrogens with one attached hydrogen (secondary N) is 1. The van der Waals surface area contributed by atoms with Crippen LogP contribution in [0, 0.1) is 13.7 Å². The normalized spacial score (nSPS) is 14.0. The summed E-state index contributed by atoms with van der Waals surface area (Å²) in [5.41, 5.74) is 0.548. The van der Waals surface area contributed by atoms with Crippen molar-refractivity contribution in [3.63, 3.8) is 0 Å². The van der Waals surface area contributed by atoms with Gasteiger partial charge in [-0.3, -0.25) is 10.1 Å². The number of hydrogen-bond donors (Lipinski definition) is 2. The summed E-state index contributed by atoms with van der Waals surface area (Å²) in [6.45, 7) is 1.94. The average Bonchev–Trinajstić information content (AvgIpc) is 2.32. The Morgan fingerprint density at radius 3 is 2.78 bits per heavy atom. The van der Waals surface area contributed by atoms with Crippen LogP contribution in [0.3, 0.4) is 0 Å². The Balaban J connectivity index is 2.93. The third kappa shape index (κ3) is 3.99. The number of nitro benzene ring substituents is 1. The first-order valence-electron chi connectivity index (χ1n) is 5.33. The van der Waals surface area contributed by atoms with Crippen LogP contribution < -0.4 is 5.32 Å². The van der Waals surface area contributed by atoms with Crippen LogP contribution in [-0.4, -0.2) is 34.2 Å². The number of halogens is 1. The van der Waals surface area contributed by atoms with E-state index in [-0.39, 0.29) is 23.6 Å². The molecule has 7 heteroatoms. The summed E-state index contributed by atoms with van der Waals surface area (Å²) in [7, 11) is 0. The van der Waals surface area contributed by atoms with Gasteiger partial charge in [0.2, 0.25) is 0 Å². The fraction of sp³-hybridized carbons (Fsp3) is 0.455. The third-order valence-corrected chi connectivity index (χ3v) is 4.41. The molecular weight excluding hydrogens is 367 g/mol. The number of thioether (sulfide) groups is 1. The van der Waals surface area contributed by atoms with Crippen molar-refractivity contribution in [1.29, 1.82) is 0 Å². The van der Waals surface area contributed by atoms with Gasteiger partial charge in [0, 0.05) is 20.9 Å². The van der Waals surface area contributed by atoms with Crippen molar-refractivity contribution in [1.82, 2.24) is 0 Å². The van der Waals surface area contributed by atoms with Crippen LogP contribution in [0.25, 0.3) is 0 Å². The summed E-state index contributed by atoms with van der Waals surface area (Å²) < 4.78 is 0.820. The molecule has 100 valence electrons. The van der Waals surface area contributed by atoms with Gasteiger partial charge in [-0.15, -0.1) is 0 Å². The highest BCUT2D eigenvalue weighted by atomic mass is 127. The average molecular weight is 382 g/mol. The summed E-state index contributed by atoms with van der Waals surface area (Å²) in [4.78, 5) is 10.6. The van der Waals surface area contributed by atoms with E-state index in [1.807, 2.05) is 41.8 Å². The lowest BCUT2D eigenvalue weighted by Gasteiger charge is -2.22. The molecule has 1 aromatic carbocycles. The fourth-order valence-electron chi connectivity index (χ4n) is 1.55. The zero-order valence-electron chi connectivity index (χ0n) is 10.1. The highest BCUT2D eigenvalue weighted by Gasteiger charge is 2.20. The summed E-state index contributed by atoms with van der Waals surface area (Å²) in [5.74, 6) is 0. The van der Waals surface area contributed by atoms with E-state index in [1.165, 1.54) is 17.8 Å². The maximum atomic E-state index is 11.0. The molecule has 2 atom stereocenters. The number of rotatable bonds is 6. The second-order valence-corrected chi connectivity index (χ2v) is 6.13. The Morgan fingerprint density at radius 1 is 1.61 bits per heavy atom. The monoisotopic (exact) mass is 382 g/mol. The molecule has 0 fully saturated rings. The molecule has 0 bridgehead atoms. The molecule has 0 heterocycles. The second-order valence-electron chi connectivity index (χ2n) is 3.81. The van der Waals surface area contributed by atoms with E-state index in [0.29, 0.717) is 5.69 Å². The van der Waals surface area contributed by atoms with Crippen LogP contribution in [0.2, 0.25) is 0 Å². The van der Waals surface area contributed by atoms with Crippen LogP contribution in [-0.2, 0) is 0 Å². The zero-order valence-corrected chi connectivity index (χ0v) is 13.1. The molecule has 2 unspecified atom stereocenters. The van der Waals surface area contributed by atoms with E-state index in [2.05, 4.69) is 5.32 Å². The van der Waals surface area contributed by atoms with Gasteiger partial charge in [-0.1, -0.05) is 0 Å². The predicted octanol–water partition coefficient (Wildman–Crippen LogP) is 2.72. The quantitative estimate of drug-likeness (QED) is 0.450. The predicted molar refractivity (Wildman–Crippen MR) is 83.3 cm³/mol. The Morgan fingerprint density at radius 2 is 2.28 bits per heavy atom. The molecule has 5 nitrogen and oxygen atoms in total. The largest absolute Gasteiger partial charge is 0.395 e. The summed E-state index contributed by atoms with van der Waals surface area (Å²) in [6.07, 6.45) is 1.90. The van der Waals surface area contributed by atoms with Gasteiger partial charge >= 0.3 is 0 Å². The summed E-state index contributed by atoms with van der Waals surface area (Å²) in [6, 6.07) is 4.99. The number of hydrogen-bond acceptors (Lipinski definition) is 5. The van der Waals surface area contributed by atoms with Gasteiger partial charge < -0.3 is 10.4 Å². The summed E-state index contributed by atoms with van der Waals surface area (Å²) in [5, 5.41) is 23.3. The topological polar surface area (TPSA) is 75.4 Å². The number of anilines is 1. The van der Waals surface area contributed by atoms with Gasteiger partial charge in [0.05, 0.1) is 11.5 Å². The van der Waals surface area contributed by atoms with Gasteiger partial charge in [-0.2, -0.15) is 11.8 Å². The number of benzene rings is 1. The minimum absolute atomic E-state index is 0.00359. The zero-order chi connectivity index (χ0) is 13.7. The van der Waals surface area contributed by atoms with Crippen molar-refractivity contribution in [2.24, 2.45) is 0 Å². The molecule has 1 rings (SSSR count). The van der Waals surface area contributed by atoms with Gasteiger partial charge in [0.1, 0.15) is 5.69 Å². The highest BCUT2D eigenvalue weighted by molar-refractivity contribution is 14.1. The lowest BCUT2D eigenvalue weighted by Crippen LogP contribution is -2.31. The lowest BCUT2D eigenvalue weighted by molar-refractivity contribution is -0.384. The molecule has 0 spiro atoms. The van der Waals surface area contributed by atoms with Gasteiger partial charge in [-0.05, 0) is 47.9 Å². The van der Waals surface area contributed by atoms with Crippen LogP contribution in [0.1, 0.15) is 6.92 Å². The van der Waals surface area contributed by atoms with E-state index in [9.17, 15) is 15.2 Å². The molecule has 0 aliphatic rings. The first kappa shape index (κ1) is 15.5. The van der Waals surface area contributed by atoms with E-state index >= 15 is 0 Å². The van der Waals surface area contributed by atoms with Crippen molar-refractivity contribution in [2.75, 3.05) is 18.2 Å². The smallest absolute Gasteiger partial charge is 0.293 e. The van der Waals surface area contributed by atoms with Crippen molar-refractivity contribution < 1.29 is 10.0 Å². The highest BCUT2D eigenvalue weighted by Crippen LogP contribution is 2.28. The molecule has 0 saturated carbocycles. The van der Waals surface area contributed by atoms with Crippen molar-refractivity contribution in [3.05, 3.63) is 31.9 Å². The van der Waals surface area contributed by atoms with E-state index in [1.54, 1.807) is 6.07 Å². The van der Waals surface area contributed by atoms with Crippen molar-refractivity contribution in [3.8, 4) is 0 Å². The number of nitro groups is 1. The molecule has 0 amide bonds. The molecule has 2 N–H and O–H groups in total. The second kappa shape index (κ2) is 7.15. The number of nitrogens with zero attached hydrogens (tertiary/aromatic N) is 1. The van der Waals surface area contributed by atoms with Crippen LogP contribution in [0.4, 0.5) is 11.4 Å². The molecule has 0 aliphatic carbocycles. The Kier molecular flexibility index (Phi) is 6.16. The Bertz CT molecular complexity index is 427. The lowest BCUT2D eigenvalue weighted by atomic mass is 10.2. The minimum Gasteiger partial charge on any atom is -0.395 e. The number of aliphatic hydroxyl groups excluding tert-OH is 1. The Hall–Kier alpha value is -0.540. The molecule has 0 aromatic heterocycles. The van der Waals surface area contributed by atoms with E-state index in [0.717, 1.165) is 3.57 Å². The fourth-order valence-corrected chi connectivity index (χ4v) is 2.65. The molecule has 18 heavy (non-hydrogen) atoms. The van der Waals surface area contributed by atoms with E-state index < -0.39 is 4.92 Å². The minimum atomic E-state index is -0.399. The van der Waals surface area contributed by atoms with Crippen LogP contribution in [0.5, 0.6) is 0 Å². The summed E-state index contributed by atoms with van der Waals surface area (Å²) >= 11 is 3.57. The first-order valence-corrected chi connectivity index (χ1v) is 7.70. The molecule has 1 aromatic rings. The standard InChI is InChI=1S/C11H15IN2O3S/c1-7(11(6-15)18-2)13-9-4-3-8(12)5-10(9)14(16)17/h3-5,7,11,13,15H,6H2,1-2H3. The molecular formula is C11H15IN2O3S. The SMILES string of the molecule is CSC(CO)C(C)Nc1ccc(I)cc1[N+](=O)[O-]. The van der Waals surface area contributed by atoms with Crippen LogP contribution in [0.15, 0.2) is 18.2 Å². The molecule has 0 radical (unpaired) electrons. The van der Waals surface area contributed by atoms with Gasteiger partial charge in [-0.25, -0.2) is 0 Å². The maximum Gasteiger partial charge on any atom is 0.293 e. The molecule has 0 saturated heterocycles. The van der Waals surface area contributed by atoms with Crippen molar-refractivity contribution >= 4 is 45.7 Å². The van der Waals surface area contributed by atoms with Gasteiger partial charge in [0.25, 0.3) is 5.69 Å².